The number of aliphatic carboxylic acids is 2. The predicted octanol–water partition coefficient (Wildman–Crippen LogP) is 0.280. The molecule has 0 aromatic heterocycles. The molecule has 0 heterocycles. The lowest BCUT2D eigenvalue weighted by Crippen LogP contribution is -2.53. The summed E-state index contributed by atoms with van der Waals surface area (Å²) < 4.78 is 0. The summed E-state index contributed by atoms with van der Waals surface area (Å²) in [5, 5.41) is 17.2. The van der Waals surface area contributed by atoms with Crippen LogP contribution in [0.25, 0.3) is 0 Å². The number of hydrogen-bond donors (Lipinski definition) is 3. The van der Waals surface area contributed by atoms with Crippen molar-refractivity contribution in [1.82, 2.24) is 4.90 Å². The topological polar surface area (TPSA) is 121 Å². The van der Waals surface area contributed by atoms with Gasteiger partial charge >= 0.3 is 11.9 Å². The van der Waals surface area contributed by atoms with E-state index in [9.17, 15) is 14.4 Å². The molecular weight excluding hydrogens is 252 g/mol. The van der Waals surface area contributed by atoms with Crippen molar-refractivity contribution in [3.8, 4) is 0 Å². The zero-order chi connectivity index (χ0) is 15.2. The van der Waals surface area contributed by atoms with E-state index in [1.54, 1.807) is 20.8 Å². The number of nitrogens with two attached hydrogens (primary N) is 1. The lowest BCUT2D eigenvalue weighted by Gasteiger charge is -2.37. The van der Waals surface area contributed by atoms with Gasteiger partial charge in [-0.3, -0.25) is 14.4 Å². The Bertz CT molecular complexity index is 349. The fourth-order valence-electron chi connectivity index (χ4n) is 1.59. The van der Waals surface area contributed by atoms with Gasteiger partial charge in [0, 0.05) is 18.5 Å². The minimum atomic E-state index is -1.02. The van der Waals surface area contributed by atoms with Crippen molar-refractivity contribution in [1.29, 1.82) is 0 Å². The van der Waals surface area contributed by atoms with Crippen LogP contribution >= 0.6 is 0 Å². The molecule has 0 spiro atoms. The van der Waals surface area contributed by atoms with Crippen LogP contribution < -0.4 is 5.73 Å². The quantitative estimate of drug-likeness (QED) is 0.613. The molecule has 0 aliphatic carbocycles. The van der Waals surface area contributed by atoms with Crippen LogP contribution in [0.3, 0.4) is 0 Å². The molecule has 0 radical (unpaired) electrons. The van der Waals surface area contributed by atoms with E-state index in [1.165, 1.54) is 4.90 Å². The Morgan fingerprint density at radius 2 is 1.58 bits per heavy atom. The van der Waals surface area contributed by atoms with Crippen LogP contribution in [-0.4, -0.2) is 51.1 Å². The highest BCUT2D eigenvalue weighted by atomic mass is 16.4. The largest absolute Gasteiger partial charge is 0.481 e. The Hall–Kier alpha value is -1.63. The second kappa shape index (κ2) is 7.08. The van der Waals surface area contributed by atoms with Crippen molar-refractivity contribution in [3.05, 3.63) is 0 Å². The van der Waals surface area contributed by atoms with Gasteiger partial charge in [-0.25, -0.2) is 0 Å². The Morgan fingerprint density at radius 1 is 1.11 bits per heavy atom. The minimum absolute atomic E-state index is 0.0355. The van der Waals surface area contributed by atoms with Gasteiger partial charge in [-0.2, -0.15) is 0 Å². The van der Waals surface area contributed by atoms with E-state index in [2.05, 4.69) is 0 Å². The van der Waals surface area contributed by atoms with Crippen LogP contribution in [0.2, 0.25) is 0 Å². The molecule has 0 aromatic rings. The van der Waals surface area contributed by atoms with E-state index < -0.39 is 29.4 Å². The summed E-state index contributed by atoms with van der Waals surface area (Å²) in [6.07, 6.45) is -0.327. The molecule has 19 heavy (non-hydrogen) atoms. The van der Waals surface area contributed by atoms with Crippen LogP contribution in [-0.2, 0) is 14.4 Å². The van der Waals surface area contributed by atoms with Gasteiger partial charge in [0.15, 0.2) is 0 Å². The van der Waals surface area contributed by atoms with Crippen LogP contribution in [0.4, 0.5) is 0 Å². The number of carboxylic acids is 2. The average Bonchev–Trinajstić information content (AvgIpc) is 2.23. The molecule has 0 aliphatic rings. The first-order valence-corrected chi connectivity index (χ1v) is 6.06. The zero-order valence-corrected chi connectivity index (χ0v) is 11.5. The second-order valence-corrected chi connectivity index (χ2v) is 5.34. The highest BCUT2D eigenvalue weighted by molar-refractivity contribution is 5.83. The monoisotopic (exact) mass is 274 g/mol. The van der Waals surface area contributed by atoms with Crippen molar-refractivity contribution in [2.24, 2.45) is 5.73 Å². The van der Waals surface area contributed by atoms with E-state index in [1.807, 2.05) is 0 Å². The standard InChI is InChI=1S/C12H22N2O5/c1-12(2,3)14(7-6-10(17)18)11(19)8(13)4-5-9(15)16/h8H,4-7,13H2,1-3H3,(H,15,16)(H,17,18). The number of carbonyl (C=O) groups excluding carboxylic acids is 1. The van der Waals surface area contributed by atoms with Crippen LogP contribution in [0, 0.1) is 0 Å². The van der Waals surface area contributed by atoms with Gasteiger partial charge in [0.05, 0.1) is 12.5 Å². The molecule has 0 fully saturated rings. The Kier molecular flexibility index (Phi) is 6.47. The zero-order valence-electron chi connectivity index (χ0n) is 11.5. The molecule has 4 N–H and O–H groups in total. The SMILES string of the molecule is CC(C)(C)N(CCC(=O)O)C(=O)C(N)CCC(=O)O. The maximum atomic E-state index is 12.1. The van der Waals surface area contributed by atoms with Gasteiger partial charge in [-0.15, -0.1) is 0 Å². The number of amides is 1. The molecule has 1 amide bonds. The van der Waals surface area contributed by atoms with Crippen LogP contribution in [0.15, 0.2) is 0 Å². The first-order chi connectivity index (χ1) is 8.55. The van der Waals surface area contributed by atoms with Gasteiger partial charge in [0.2, 0.25) is 5.91 Å². The Labute approximate surface area is 112 Å². The average molecular weight is 274 g/mol. The fourth-order valence-corrected chi connectivity index (χ4v) is 1.59. The molecule has 0 saturated heterocycles. The van der Waals surface area contributed by atoms with Crippen molar-refractivity contribution < 1.29 is 24.6 Å². The van der Waals surface area contributed by atoms with Crippen LogP contribution in [0.1, 0.15) is 40.0 Å². The minimum Gasteiger partial charge on any atom is -0.481 e. The third-order valence-corrected chi connectivity index (χ3v) is 2.61. The maximum absolute atomic E-state index is 12.1. The number of carboxylic acid groups (broad SMARTS) is 2. The highest BCUT2D eigenvalue weighted by Crippen LogP contribution is 2.16. The van der Waals surface area contributed by atoms with E-state index >= 15 is 0 Å². The van der Waals surface area contributed by atoms with Gasteiger partial charge in [0.1, 0.15) is 0 Å². The summed E-state index contributed by atoms with van der Waals surface area (Å²) in [5.41, 5.74) is 5.11. The van der Waals surface area contributed by atoms with Gasteiger partial charge in [-0.1, -0.05) is 0 Å². The molecule has 7 nitrogen and oxygen atoms in total. The Balaban J connectivity index is 4.70. The third-order valence-electron chi connectivity index (χ3n) is 2.61. The molecule has 0 bridgehead atoms. The molecule has 0 rings (SSSR count). The van der Waals surface area contributed by atoms with Gasteiger partial charge in [0.25, 0.3) is 0 Å². The number of hydrogen-bond acceptors (Lipinski definition) is 4. The number of rotatable bonds is 7. The third kappa shape index (κ3) is 6.76. The predicted molar refractivity (Wildman–Crippen MR) is 68.6 cm³/mol. The van der Waals surface area contributed by atoms with Crippen molar-refractivity contribution >= 4 is 17.8 Å². The van der Waals surface area contributed by atoms with Gasteiger partial charge < -0.3 is 20.8 Å². The first-order valence-electron chi connectivity index (χ1n) is 6.06. The lowest BCUT2D eigenvalue weighted by molar-refractivity contribution is -0.141. The summed E-state index contributed by atoms with van der Waals surface area (Å²) in [6.45, 7) is 5.38. The summed E-state index contributed by atoms with van der Waals surface area (Å²) in [7, 11) is 0. The molecule has 7 heteroatoms. The lowest BCUT2D eigenvalue weighted by atomic mass is 10.0. The molecule has 110 valence electrons. The van der Waals surface area contributed by atoms with E-state index in [0.29, 0.717) is 0 Å². The first kappa shape index (κ1) is 17.4. The van der Waals surface area contributed by atoms with Crippen molar-refractivity contribution in [2.75, 3.05) is 6.54 Å². The van der Waals surface area contributed by atoms with Crippen molar-refractivity contribution in [2.45, 2.75) is 51.6 Å². The smallest absolute Gasteiger partial charge is 0.305 e. The summed E-state index contributed by atoms with van der Waals surface area (Å²) in [5.74, 6) is -2.44. The molecule has 1 unspecified atom stereocenters. The summed E-state index contributed by atoms with van der Waals surface area (Å²) in [4.78, 5) is 34.6. The number of carbonyl (C=O) groups is 3. The van der Waals surface area contributed by atoms with Crippen LogP contribution in [0.5, 0.6) is 0 Å². The normalized spacial score (nSPS) is 12.8. The van der Waals surface area contributed by atoms with E-state index in [4.69, 9.17) is 15.9 Å². The van der Waals surface area contributed by atoms with E-state index in [-0.39, 0.29) is 25.8 Å². The van der Waals surface area contributed by atoms with Crippen molar-refractivity contribution in [3.63, 3.8) is 0 Å². The fraction of sp³-hybridized carbons (Fsp3) is 0.750. The molecule has 0 aromatic carbocycles. The second-order valence-electron chi connectivity index (χ2n) is 5.34. The molecule has 0 saturated carbocycles. The Morgan fingerprint density at radius 3 is 1.95 bits per heavy atom. The maximum Gasteiger partial charge on any atom is 0.305 e. The highest BCUT2D eigenvalue weighted by Gasteiger charge is 2.30. The van der Waals surface area contributed by atoms with Gasteiger partial charge in [-0.05, 0) is 27.2 Å². The molecule has 1 atom stereocenters. The molecule has 0 aliphatic heterocycles. The number of nitrogens with zero attached hydrogens (tertiary/aromatic N) is 1. The van der Waals surface area contributed by atoms with E-state index in [0.717, 1.165) is 0 Å². The molecular formula is C12H22N2O5. The summed E-state index contributed by atoms with van der Waals surface area (Å²) in [6, 6.07) is -0.927. The summed E-state index contributed by atoms with van der Waals surface area (Å²) >= 11 is 0.